The summed E-state index contributed by atoms with van der Waals surface area (Å²) in [5.41, 5.74) is -2.04. The van der Waals surface area contributed by atoms with Crippen molar-refractivity contribution in [2.24, 2.45) is 5.92 Å². The lowest BCUT2D eigenvalue weighted by Gasteiger charge is -2.42. The van der Waals surface area contributed by atoms with Gasteiger partial charge in [0.05, 0.1) is 48.3 Å². The first-order chi connectivity index (χ1) is 13.1. The van der Waals surface area contributed by atoms with E-state index in [0.29, 0.717) is 18.2 Å². The molecule has 1 aliphatic heterocycles. The molecular weight excluding hydrogens is 445 g/mol. The summed E-state index contributed by atoms with van der Waals surface area (Å²) in [6.45, 7) is 2.30. The van der Waals surface area contributed by atoms with Crippen LogP contribution < -0.4 is 15.4 Å². The van der Waals surface area contributed by atoms with Crippen LogP contribution in [-0.2, 0) is 15.7 Å². The summed E-state index contributed by atoms with van der Waals surface area (Å²) >= 11 is 3.17. The Morgan fingerprint density at radius 1 is 1.39 bits per heavy atom. The number of benzene rings is 1. The molecular formula is C18H22BrF3N2O4. The fourth-order valence-corrected chi connectivity index (χ4v) is 3.42. The molecule has 6 nitrogen and oxygen atoms in total. The number of carbonyl (C=O) groups excluding carboxylic acids is 1. The Hall–Kier alpha value is -1.52. The molecule has 3 rings (SSSR count). The van der Waals surface area contributed by atoms with Gasteiger partial charge in [0, 0.05) is 17.4 Å². The topological polar surface area (TPSA) is 79.8 Å². The Bertz CT molecular complexity index is 730. The van der Waals surface area contributed by atoms with Gasteiger partial charge in [-0.1, -0.05) is 15.9 Å². The molecule has 0 radical (unpaired) electrons. The molecule has 1 aromatic rings. The van der Waals surface area contributed by atoms with Crippen LogP contribution in [0.5, 0.6) is 5.75 Å². The van der Waals surface area contributed by atoms with Gasteiger partial charge in [0.15, 0.2) is 0 Å². The summed E-state index contributed by atoms with van der Waals surface area (Å²) in [6.07, 6.45) is -4.02. The molecule has 0 atom stereocenters. The number of rotatable bonds is 7. The molecule has 1 amide bonds. The van der Waals surface area contributed by atoms with Gasteiger partial charge in [0.1, 0.15) is 5.75 Å². The lowest BCUT2D eigenvalue weighted by molar-refractivity contribution is -0.137. The normalized spacial score (nSPS) is 24.9. The van der Waals surface area contributed by atoms with Crippen molar-refractivity contribution in [1.82, 2.24) is 0 Å². The Balaban J connectivity index is 1.94. The first-order valence-electron chi connectivity index (χ1n) is 8.90. The maximum Gasteiger partial charge on any atom is 0.418 e. The van der Waals surface area contributed by atoms with Crippen molar-refractivity contribution >= 4 is 33.2 Å². The van der Waals surface area contributed by atoms with Crippen LogP contribution in [-0.4, -0.2) is 47.8 Å². The summed E-state index contributed by atoms with van der Waals surface area (Å²) in [5, 5.41) is 15.8. The third-order valence-electron chi connectivity index (χ3n) is 4.75. The first kappa shape index (κ1) is 21.2. The van der Waals surface area contributed by atoms with Gasteiger partial charge in [-0.25, -0.2) is 0 Å². The van der Waals surface area contributed by atoms with Gasteiger partial charge < -0.3 is 25.2 Å². The molecule has 2 fully saturated rings. The molecule has 2 aliphatic rings. The second kappa shape index (κ2) is 8.08. The fraction of sp³-hybridized carbons (Fsp3) is 0.611. The van der Waals surface area contributed by atoms with E-state index in [-0.39, 0.29) is 43.0 Å². The summed E-state index contributed by atoms with van der Waals surface area (Å²) in [5.74, 6) is -0.780. The van der Waals surface area contributed by atoms with Gasteiger partial charge in [0.25, 0.3) is 0 Å². The fourth-order valence-electron chi connectivity index (χ4n) is 3.26. The van der Waals surface area contributed by atoms with Crippen molar-refractivity contribution in [3.63, 3.8) is 0 Å². The van der Waals surface area contributed by atoms with Crippen LogP contribution in [0.4, 0.5) is 24.5 Å². The quantitative estimate of drug-likeness (QED) is 0.536. The highest BCUT2D eigenvalue weighted by atomic mass is 79.9. The Kier molecular flexibility index (Phi) is 6.11. The Labute approximate surface area is 168 Å². The van der Waals surface area contributed by atoms with Gasteiger partial charge >= 0.3 is 6.18 Å². The maximum atomic E-state index is 13.7. The average molecular weight is 467 g/mol. The molecule has 0 bridgehead atoms. The van der Waals surface area contributed by atoms with E-state index in [1.807, 2.05) is 0 Å². The predicted molar refractivity (Wildman–Crippen MR) is 101 cm³/mol. The van der Waals surface area contributed by atoms with E-state index < -0.39 is 29.2 Å². The number of alkyl halides is 4. The summed E-state index contributed by atoms with van der Waals surface area (Å²) in [6, 6.07) is 1.98. The lowest BCUT2D eigenvalue weighted by atomic mass is 9.77. The van der Waals surface area contributed by atoms with Crippen LogP contribution in [0, 0.1) is 5.92 Å². The standard InChI is InChI=1S/C18H22BrF3N2O4/c1-17(26)6-11(7-17)23-15-13(18(20,21)22)4-12(28-3-2-19)5-14(15)24-16(25)10-8-27-9-10/h4-5,10-11,23,26H,2-3,6-9H2,1H3,(H,24,25). The molecule has 1 aliphatic carbocycles. The minimum atomic E-state index is -4.65. The van der Waals surface area contributed by atoms with Crippen molar-refractivity contribution in [2.75, 3.05) is 35.8 Å². The van der Waals surface area contributed by atoms with E-state index in [1.165, 1.54) is 6.07 Å². The molecule has 1 heterocycles. The zero-order valence-electron chi connectivity index (χ0n) is 15.2. The number of amides is 1. The largest absolute Gasteiger partial charge is 0.493 e. The highest BCUT2D eigenvalue weighted by Crippen LogP contribution is 2.44. The van der Waals surface area contributed by atoms with Crippen molar-refractivity contribution in [3.05, 3.63) is 17.7 Å². The van der Waals surface area contributed by atoms with Gasteiger partial charge in [0.2, 0.25) is 5.91 Å². The number of ether oxygens (including phenoxy) is 2. The van der Waals surface area contributed by atoms with E-state index in [9.17, 15) is 23.1 Å². The number of anilines is 2. The SMILES string of the molecule is CC1(O)CC(Nc2c(NC(=O)C3COC3)cc(OCCBr)cc2C(F)(F)F)C1. The van der Waals surface area contributed by atoms with Crippen LogP contribution in [0.25, 0.3) is 0 Å². The van der Waals surface area contributed by atoms with Crippen LogP contribution in [0.3, 0.4) is 0 Å². The molecule has 1 aromatic carbocycles. The lowest BCUT2D eigenvalue weighted by Crippen LogP contribution is -2.48. The zero-order chi connectivity index (χ0) is 20.5. The number of carbonyl (C=O) groups is 1. The zero-order valence-corrected chi connectivity index (χ0v) is 16.8. The van der Waals surface area contributed by atoms with E-state index in [2.05, 4.69) is 26.6 Å². The maximum absolute atomic E-state index is 13.7. The molecule has 28 heavy (non-hydrogen) atoms. The molecule has 1 saturated heterocycles. The number of hydrogen-bond acceptors (Lipinski definition) is 5. The smallest absolute Gasteiger partial charge is 0.418 e. The average Bonchev–Trinajstić information content (AvgIpc) is 2.50. The van der Waals surface area contributed by atoms with E-state index in [4.69, 9.17) is 9.47 Å². The third-order valence-corrected chi connectivity index (χ3v) is 5.07. The van der Waals surface area contributed by atoms with Crippen molar-refractivity contribution in [1.29, 1.82) is 0 Å². The molecule has 0 unspecified atom stereocenters. The van der Waals surface area contributed by atoms with Crippen LogP contribution in [0.1, 0.15) is 25.3 Å². The highest BCUT2D eigenvalue weighted by molar-refractivity contribution is 9.09. The number of nitrogens with one attached hydrogen (secondary N) is 2. The van der Waals surface area contributed by atoms with E-state index in [0.717, 1.165) is 6.07 Å². The van der Waals surface area contributed by atoms with Crippen molar-refractivity contribution < 1.29 is 32.5 Å². The van der Waals surface area contributed by atoms with E-state index >= 15 is 0 Å². The van der Waals surface area contributed by atoms with Gasteiger partial charge in [-0.15, -0.1) is 0 Å². The summed E-state index contributed by atoms with van der Waals surface area (Å²) in [7, 11) is 0. The van der Waals surface area contributed by atoms with Crippen molar-refractivity contribution in [2.45, 2.75) is 37.6 Å². The van der Waals surface area contributed by atoms with E-state index in [1.54, 1.807) is 6.92 Å². The van der Waals surface area contributed by atoms with Gasteiger partial charge in [-0.3, -0.25) is 4.79 Å². The van der Waals surface area contributed by atoms with Crippen molar-refractivity contribution in [3.8, 4) is 5.75 Å². The number of halogens is 4. The molecule has 10 heteroatoms. The molecule has 1 saturated carbocycles. The van der Waals surface area contributed by atoms with Crippen LogP contribution >= 0.6 is 15.9 Å². The third kappa shape index (κ3) is 4.90. The van der Waals surface area contributed by atoms with Gasteiger partial charge in [-0.2, -0.15) is 13.2 Å². The first-order valence-corrected chi connectivity index (χ1v) is 10.0. The highest BCUT2D eigenvalue weighted by Gasteiger charge is 2.42. The van der Waals surface area contributed by atoms with Crippen LogP contribution in [0.15, 0.2) is 12.1 Å². The summed E-state index contributed by atoms with van der Waals surface area (Å²) < 4.78 is 51.6. The molecule has 0 spiro atoms. The minimum absolute atomic E-state index is 0.00263. The molecule has 156 valence electrons. The Morgan fingerprint density at radius 2 is 2.07 bits per heavy atom. The second-order valence-electron chi connectivity index (χ2n) is 7.40. The molecule has 3 N–H and O–H groups in total. The number of hydrogen-bond donors (Lipinski definition) is 3. The molecule has 0 aromatic heterocycles. The van der Waals surface area contributed by atoms with Gasteiger partial charge in [-0.05, 0) is 25.8 Å². The number of aliphatic hydroxyl groups is 1. The minimum Gasteiger partial charge on any atom is -0.493 e. The van der Waals surface area contributed by atoms with Crippen LogP contribution in [0.2, 0.25) is 0 Å². The monoisotopic (exact) mass is 466 g/mol. The predicted octanol–water partition coefficient (Wildman–Crippen LogP) is 3.39. The second-order valence-corrected chi connectivity index (χ2v) is 8.19. The summed E-state index contributed by atoms with van der Waals surface area (Å²) in [4.78, 5) is 12.3. The Morgan fingerprint density at radius 3 is 2.57 bits per heavy atom.